The topological polar surface area (TPSA) is 83.6 Å². The molecule has 0 radical (unpaired) electrons. The van der Waals surface area contributed by atoms with Crippen LogP contribution in [0.3, 0.4) is 0 Å². The summed E-state index contributed by atoms with van der Waals surface area (Å²) in [4.78, 5) is 14.0. The number of hydrogen-bond donors (Lipinski definition) is 3. The Morgan fingerprint density at radius 2 is 2.00 bits per heavy atom. The van der Waals surface area contributed by atoms with Gasteiger partial charge in [0.1, 0.15) is 24.2 Å². The van der Waals surface area contributed by atoms with Gasteiger partial charge in [-0.25, -0.2) is 0 Å². The van der Waals surface area contributed by atoms with E-state index in [1.165, 1.54) is 6.07 Å². The normalized spacial score (nSPS) is 12.1. The van der Waals surface area contributed by atoms with Gasteiger partial charge in [-0.15, -0.1) is 0 Å². The van der Waals surface area contributed by atoms with Gasteiger partial charge in [0.05, 0.1) is 7.11 Å². The fourth-order valence-electron chi connectivity index (χ4n) is 2.64. The SMILES string of the molecule is COc1cccc(CNC[C@H](O)COc2ccc3[nH]c(=O)ccc3c2)c1. The van der Waals surface area contributed by atoms with Gasteiger partial charge in [0.15, 0.2) is 0 Å². The second-order valence-corrected chi connectivity index (χ2v) is 6.02. The standard InChI is InChI=1S/C20H22N2O4/c1-25-17-4-2-3-14(9-17)11-21-12-16(23)13-26-18-6-7-19-15(10-18)5-8-20(24)22-19/h2-10,16,21,23H,11-13H2,1H3,(H,22,24)/t16-/m0/s1. The van der Waals surface area contributed by atoms with Crippen LogP contribution in [0.2, 0.25) is 0 Å². The molecule has 0 amide bonds. The number of fused-ring (bicyclic) bond motifs is 1. The zero-order valence-electron chi connectivity index (χ0n) is 14.6. The quantitative estimate of drug-likeness (QED) is 0.577. The third kappa shape index (κ3) is 4.84. The Morgan fingerprint density at radius 3 is 2.85 bits per heavy atom. The predicted molar refractivity (Wildman–Crippen MR) is 101 cm³/mol. The van der Waals surface area contributed by atoms with Gasteiger partial charge in [-0.2, -0.15) is 0 Å². The molecule has 6 heteroatoms. The molecule has 0 fully saturated rings. The predicted octanol–water partition coefficient (Wildman–Crippen LogP) is 2.07. The fourth-order valence-corrected chi connectivity index (χ4v) is 2.64. The molecule has 3 rings (SSSR count). The van der Waals surface area contributed by atoms with Crippen LogP contribution in [0.5, 0.6) is 11.5 Å². The molecule has 1 aromatic heterocycles. The first-order chi connectivity index (χ1) is 12.6. The number of aromatic amines is 1. The van der Waals surface area contributed by atoms with Crippen molar-refractivity contribution in [2.45, 2.75) is 12.6 Å². The van der Waals surface area contributed by atoms with E-state index in [4.69, 9.17) is 9.47 Å². The van der Waals surface area contributed by atoms with Gasteiger partial charge in [-0.1, -0.05) is 12.1 Å². The highest BCUT2D eigenvalue weighted by atomic mass is 16.5. The molecule has 0 spiro atoms. The summed E-state index contributed by atoms with van der Waals surface area (Å²) in [6.07, 6.45) is -0.633. The van der Waals surface area contributed by atoms with Crippen LogP contribution in [0, 0.1) is 0 Å². The maximum Gasteiger partial charge on any atom is 0.248 e. The summed E-state index contributed by atoms with van der Waals surface area (Å²) in [7, 11) is 1.64. The Labute approximate surface area is 151 Å². The number of hydrogen-bond acceptors (Lipinski definition) is 5. The molecule has 0 aliphatic rings. The first-order valence-electron chi connectivity index (χ1n) is 8.41. The number of benzene rings is 2. The second-order valence-electron chi connectivity index (χ2n) is 6.02. The summed E-state index contributed by atoms with van der Waals surface area (Å²) in [5.41, 5.74) is 1.70. The highest BCUT2D eigenvalue weighted by Gasteiger charge is 2.06. The first-order valence-corrected chi connectivity index (χ1v) is 8.41. The maximum atomic E-state index is 11.3. The summed E-state index contributed by atoms with van der Waals surface area (Å²) in [6.45, 7) is 1.23. The summed E-state index contributed by atoms with van der Waals surface area (Å²) < 4.78 is 10.8. The van der Waals surface area contributed by atoms with Gasteiger partial charge in [0.25, 0.3) is 0 Å². The van der Waals surface area contributed by atoms with E-state index in [-0.39, 0.29) is 12.2 Å². The van der Waals surface area contributed by atoms with Crippen LogP contribution in [-0.4, -0.2) is 36.5 Å². The third-order valence-corrected chi connectivity index (χ3v) is 3.98. The molecule has 0 bridgehead atoms. The second kappa shape index (κ2) is 8.51. The molecule has 0 unspecified atom stereocenters. The Kier molecular flexibility index (Phi) is 5.88. The number of rotatable bonds is 8. The van der Waals surface area contributed by atoms with Crippen molar-refractivity contribution in [1.82, 2.24) is 10.3 Å². The molecule has 3 aromatic rings. The molecule has 2 aromatic carbocycles. The van der Waals surface area contributed by atoms with E-state index in [9.17, 15) is 9.90 Å². The molecule has 26 heavy (non-hydrogen) atoms. The number of pyridine rings is 1. The van der Waals surface area contributed by atoms with Crippen LogP contribution in [0.15, 0.2) is 59.4 Å². The van der Waals surface area contributed by atoms with Crippen LogP contribution in [0.1, 0.15) is 5.56 Å². The minimum absolute atomic E-state index is 0.135. The van der Waals surface area contributed by atoms with E-state index in [0.29, 0.717) is 18.8 Å². The Morgan fingerprint density at radius 1 is 1.12 bits per heavy atom. The van der Waals surface area contributed by atoms with Gasteiger partial charge < -0.3 is 24.9 Å². The van der Waals surface area contributed by atoms with Gasteiger partial charge in [0, 0.05) is 30.1 Å². The monoisotopic (exact) mass is 354 g/mol. The first kappa shape index (κ1) is 18.0. The van der Waals surface area contributed by atoms with E-state index >= 15 is 0 Å². The largest absolute Gasteiger partial charge is 0.497 e. The highest BCUT2D eigenvalue weighted by molar-refractivity contribution is 5.79. The number of methoxy groups -OCH3 is 1. The van der Waals surface area contributed by atoms with Crippen molar-refractivity contribution in [3.63, 3.8) is 0 Å². The fraction of sp³-hybridized carbons (Fsp3) is 0.250. The summed E-state index contributed by atoms with van der Waals surface area (Å²) >= 11 is 0. The van der Waals surface area contributed by atoms with Crippen LogP contribution in [0.4, 0.5) is 0 Å². The average Bonchev–Trinajstić information content (AvgIpc) is 2.66. The number of ether oxygens (including phenoxy) is 2. The molecule has 6 nitrogen and oxygen atoms in total. The minimum atomic E-state index is -0.633. The molecule has 3 N–H and O–H groups in total. The lowest BCUT2D eigenvalue weighted by Gasteiger charge is -2.14. The smallest absolute Gasteiger partial charge is 0.248 e. The molecule has 1 atom stereocenters. The van der Waals surface area contributed by atoms with E-state index < -0.39 is 6.10 Å². The van der Waals surface area contributed by atoms with Crippen molar-refractivity contribution in [3.05, 3.63) is 70.5 Å². The average molecular weight is 354 g/mol. The van der Waals surface area contributed by atoms with Gasteiger partial charge in [-0.3, -0.25) is 4.79 Å². The van der Waals surface area contributed by atoms with Crippen LogP contribution >= 0.6 is 0 Å². The Balaban J connectivity index is 1.47. The van der Waals surface area contributed by atoms with E-state index in [1.807, 2.05) is 30.3 Å². The minimum Gasteiger partial charge on any atom is -0.497 e. The molecule has 136 valence electrons. The zero-order chi connectivity index (χ0) is 18.4. The molecular weight excluding hydrogens is 332 g/mol. The third-order valence-electron chi connectivity index (χ3n) is 3.98. The van der Waals surface area contributed by atoms with Crippen molar-refractivity contribution in [2.24, 2.45) is 0 Å². The van der Waals surface area contributed by atoms with Crippen LogP contribution in [-0.2, 0) is 6.54 Å². The molecule has 0 aliphatic carbocycles. The Bertz CT molecular complexity index is 923. The van der Waals surface area contributed by atoms with E-state index in [0.717, 1.165) is 22.2 Å². The van der Waals surface area contributed by atoms with Crippen LogP contribution in [0.25, 0.3) is 10.9 Å². The lowest BCUT2D eigenvalue weighted by molar-refractivity contribution is 0.106. The van der Waals surface area contributed by atoms with Crippen molar-refractivity contribution >= 4 is 10.9 Å². The van der Waals surface area contributed by atoms with Crippen molar-refractivity contribution in [2.75, 3.05) is 20.3 Å². The summed E-state index contributed by atoms with van der Waals surface area (Å²) in [5.74, 6) is 1.46. The Hall–Kier alpha value is -2.83. The lowest BCUT2D eigenvalue weighted by Crippen LogP contribution is -2.31. The molecule has 0 aliphatic heterocycles. The van der Waals surface area contributed by atoms with E-state index in [1.54, 1.807) is 25.3 Å². The number of aromatic nitrogens is 1. The van der Waals surface area contributed by atoms with E-state index in [2.05, 4.69) is 10.3 Å². The molecular formula is C20H22N2O4. The summed E-state index contributed by atoms with van der Waals surface area (Å²) in [5, 5.41) is 14.2. The van der Waals surface area contributed by atoms with Crippen molar-refractivity contribution < 1.29 is 14.6 Å². The van der Waals surface area contributed by atoms with Gasteiger partial charge in [0.2, 0.25) is 5.56 Å². The van der Waals surface area contributed by atoms with Gasteiger partial charge >= 0.3 is 0 Å². The van der Waals surface area contributed by atoms with Crippen molar-refractivity contribution in [1.29, 1.82) is 0 Å². The molecule has 0 saturated carbocycles. The maximum absolute atomic E-state index is 11.3. The van der Waals surface area contributed by atoms with Crippen LogP contribution < -0.4 is 20.3 Å². The van der Waals surface area contributed by atoms with Gasteiger partial charge in [-0.05, 0) is 42.0 Å². The summed E-state index contributed by atoms with van der Waals surface area (Å²) in [6, 6.07) is 16.4. The molecule has 1 heterocycles. The lowest BCUT2D eigenvalue weighted by atomic mass is 10.2. The van der Waals surface area contributed by atoms with Crippen molar-refractivity contribution in [3.8, 4) is 11.5 Å². The molecule has 0 saturated heterocycles. The zero-order valence-corrected chi connectivity index (χ0v) is 14.6. The highest BCUT2D eigenvalue weighted by Crippen LogP contribution is 2.18. The number of H-pyrrole nitrogens is 1. The number of aliphatic hydroxyl groups is 1. The number of aliphatic hydroxyl groups excluding tert-OH is 1. The number of nitrogens with one attached hydrogen (secondary N) is 2.